The van der Waals surface area contributed by atoms with Crippen LogP contribution in [0.5, 0.6) is 0 Å². The second kappa shape index (κ2) is 3.23. The molecule has 0 N–H and O–H groups in total. The van der Waals surface area contributed by atoms with Crippen LogP contribution in [0.4, 0.5) is 0 Å². The first-order valence-corrected chi connectivity index (χ1v) is 8.35. The first kappa shape index (κ1) is 11.0. The molecule has 4 bridgehead atoms. The van der Waals surface area contributed by atoms with Crippen molar-refractivity contribution < 1.29 is 0 Å². The quantitative estimate of drug-likeness (QED) is 0.453. The molecule has 0 aromatic heterocycles. The van der Waals surface area contributed by atoms with Crippen molar-refractivity contribution in [2.45, 2.75) is 32.2 Å². The largest absolute Gasteiger partial charge is 0.0883 e. The fraction of sp³-hybridized carbons (Fsp3) is 1.00. The molecule has 0 aliphatic heterocycles. The summed E-state index contributed by atoms with van der Waals surface area (Å²) in [4.78, 5) is 0. The molecule has 80 valence electrons. The summed E-state index contributed by atoms with van der Waals surface area (Å²) in [6.07, 6.45) is 5.53. The van der Waals surface area contributed by atoms with Gasteiger partial charge >= 0.3 is 0 Å². The molecule has 2 unspecified atom stereocenters. The van der Waals surface area contributed by atoms with Crippen LogP contribution in [0.3, 0.4) is 0 Å². The van der Waals surface area contributed by atoms with Gasteiger partial charge in [-0.25, -0.2) is 0 Å². The van der Waals surface area contributed by atoms with Gasteiger partial charge in [0.05, 0.1) is 6.47 Å². The third-order valence-corrected chi connectivity index (χ3v) is 9.19. The van der Waals surface area contributed by atoms with Crippen molar-refractivity contribution in [3.05, 3.63) is 0 Å². The van der Waals surface area contributed by atoms with Crippen LogP contribution < -0.4 is 0 Å². The highest BCUT2D eigenvalue weighted by Gasteiger charge is 2.64. The van der Waals surface area contributed by atoms with Crippen LogP contribution >= 0.6 is 63.7 Å². The molecule has 0 aromatic rings. The first-order valence-electron chi connectivity index (χ1n) is 5.18. The van der Waals surface area contributed by atoms with Crippen LogP contribution in [0.1, 0.15) is 25.7 Å². The van der Waals surface area contributed by atoms with Crippen LogP contribution in [-0.2, 0) is 0 Å². The van der Waals surface area contributed by atoms with E-state index in [-0.39, 0.29) is 6.47 Å². The molecule has 4 fully saturated rings. The maximum atomic E-state index is 3.92. The van der Waals surface area contributed by atoms with Crippen molar-refractivity contribution in [2.24, 2.45) is 23.7 Å². The Bertz CT molecular complexity index is 249. The Labute approximate surface area is 118 Å². The van der Waals surface area contributed by atoms with Crippen molar-refractivity contribution in [1.29, 1.82) is 0 Å². The van der Waals surface area contributed by atoms with E-state index >= 15 is 0 Å². The molecule has 0 spiro atoms. The third kappa shape index (κ3) is 1.32. The van der Waals surface area contributed by atoms with E-state index in [0.29, 0.717) is 5.92 Å². The zero-order valence-electron chi connectivity index (χ0n) is 7.65. The Morgan fingerprint density at radius 1 is 0.714 bits per heavy atom. The average molecular weight is 452 g/mol. The average Bonchev–Trinajstić information content (AvgIpc) is 2.09. The predicted molar refractivity (Wildman–Crippen MR) is 73.6 cm³/mol. The summed E-state index contributed by atoms with van der Waals surface area (Å²) < 4.78 is 0.334. The lowest BCUT2D eigenvalue weighted by Gasteiger charge is -2.62. The van der Waals surface area contributed by atoms with Crippen LogP contribution in [-0.4, -0.2) is 6.47 Å². The smallest absolute Gasteiger partial charge is 0.0720 e. The van der Waals surface area contributed by atoms with E-state index in [0.717, 1.165) is 17.8 Å². The number of hydrogen-bond donors (Lipinski definition) is 0. The van der Waals surface area contributed by atoms with Gasteiger partial charge in [0, 0.05) is 5.92 Å². The molecule has 2 atom stereocenters. The normalized spacial score (nSPS) is 52.3. The van der Waals surface area contributed by atoms with Gasteiger partial charge in [0.2, 0.25) is 0 Å². The maximum Gasteiger partial charge on any atom is 0.0883 e. The first-order chi connectivity index (χ1) is 6.42. The monoisotopic (exact) mass is 448 g/mol. The lowest BCUT2D eigenvalue weighted by atomic mass is 9.56. The molecular formula is C10H12Br4. The molecule has 4 saturated carbocycles. The number of hydrogen-bond acceptors (Lipinski definition) is 0. The van der Waals surface area contributed by atoms with Crippen LogP contribution in [0, 0.1) is 23.7 Å². The molecule has 4 aliphatic rings. The molecule has 14 heavy (non-hydrogen) atoms. The van der Waals surface area contributed by atoms with E-state index in [1.54, 1.807) is 0 Å². The minimum absolute atomic E-state index is 0.167. The molecule has 0 nitrogen and oxygen atoms in total. The molecule has 4 heteroatoms. The van der Waals surface area contributed by atoms with Crippen LogP contribution in [0.15, 0.2) is 0 Å². The minimum atomic E-state index is 0.167. The lowest BCUT2D eigenvalue weighted by molar-refractivity contribution is 0.0204. The molecule has 0 amide bonds. The standard InChI is InChI=1S/C10H12Br4/c11-9(12)6-1-5-2-7(4-6)10(13,14)8(9)3-5/h5-8H,1-4H2. The summed E-state index contributed by atoms with van der Waals surface area (Å²) in [5.74, 6) is 3.31. The van der Waals surface area contributed by atoms with Crippen LogP contribution in [0.25, 0.3) is 0 Å². The number of alkyl halides is 4. The van der Waals surface area contributed by atoms with E-state index < -0.39 is 0 Å². The zero-order valence-corrected chi connectivity index (χ0v) is 14.0. The summed E-state index contributed by atoms with van der Waals surface area (Å²) in [7, 11) is 0. The lowest BCUT2D eigenvalue weighted by Crippen LogP contribution is -2.60. The fourth-order valence-electron chi connectivity index (χ4n) is 3.73. The summed E-state index contributed by atoms with van der Waals surface area (Å²) in [5.41, 5.74) is 0. The Hall–Kier alpha value is 1.92. The van der Waals surface area contributed by atoms with Gasteiger partial charge in [0.25, 0.3) is 0 Å². The SMILES string of the molecule is BrC1(Br)C2CC3CC(C2)C(Br)(Br)C1C3. The third-order valence-electron chi connectivity index (χ3n) is 4.39. The predicted octanol–water partition coefficient (Wildman–Crippen LogP) is 5.02. The van der Waals surface area contributed by atoms with Gasteiger partial charge in [0.1, 0.15) is 0 Å². The summed E-state index contributed by atoms with van der Waals surface area (Å²) in [6.45, 7) is 0. The second-order valence-corrected chi connectivity index (χ2v) is 12.5. The van der Waals surface area contributed by atoms with Gasteiger partial charge in [-0.3, -0.25) is 0 Å². The fourth-order valence-corrected chi connectivity index (χ4v) is 8.65. The van der Waals surface area contributed by atoms with Gasteiger partial charge in [0.15, 0.2) is 0 Å². The van der Waals surface area contributed by atoms with E-state index in [4.69, 9.17) is 0 Å². The molecule has 0 radical (unpaired) electrons. The van der Waals surface area contributed by atoms with Crippen molar-refractivity contribution in [3.63, 3.8) is 0 Å². The molecular weight excluding hydrogens is 440 g/mol. The van der Waals surface area contributed by atoms with Gasteiger partial charge in [-0.15, -0.1) is 0 Å². The van der Waals surface area contributed by atoms with Gasteiger partial charge in [-0.2, -0.15) is 0 Å². The Balaban J connectivity index is 2.04. The van der Waals surface area contributed by atoms with Crippen molar-refractivity contribution in [2.75, 3.05) is 0 Å². The minimum Gasteiger partial charge on any atom is -0.0720 e. The highest BCUT2D eigenvalue weighted by Crippen LogP contribution is 2.71. The zero-order chi connectivity index (χ0) is 10.1. The van der Waals surface area contributed by atoms with Crippen molar-refractivity contribution in [1.82, 2.24) is 0 Å². The highest BCUT2D eigenvalue weighted by molar-refractivity contribution is 9.26. The van der Waals surface area contributed by atoms with Gasteiger partial charge in [-0.1, -0.05) is 63.7 Å². The molecule has 4 aliphatic carbocycles. The molecule has 0 heterocycles. The topological polar surface area (TPSA) is 0 Å². The summed E-state index contributed by atoms with van der Waals surface area (Å²) >= 11 is 15.7. The number of rotatable bonds is 0. The summed E-state index contributed by atoms with van der Waals surface area (Å²) in [5, 5.41) is 0. The number of halogens is 4. The van der Waals surface area contributed by atoms with E-state index in [9.17, 15) is 0 Å². The second-order valence-electron chi connectivity index (χ2n) is 5.10. The van der Waals surface area contributed by atoms with Crippen LogP contribution in [0.2, 0.25) is 0 Å². The van der Waals surface area contributed by atoms with Crippen molar-refractivity contribution in [3.8, 4) is 0 Å². The Kier molecular flexibility index (Phi) is 2.55. The highest BCUT2D eigenvalue weighted by atomic mass is 79.9. The van der Waals surface area contributed by atoms with E-state index in [2.05, 4.69) is 63.7 Å². The maximum absolute atomic E-state index is 3.92. The van der Waals surface area contributed by atoms with Gasteiger partial charge < -0.3 is 0 Å². The Morgan fingerprint density at radius 2 is 1.21 bits per heavy atom. The molecule has 4 rings (SSSR count). The summed E-state index contributed by atoms with van der Waals surface area (Å²) in [6, 6.07) is 0. The van der Waals surface area contributed by atoms with E-state index in [1.807, 2.05) is 0 Å². The molecule has 0 aromatic carbocycles. The Morgan fingerprint density at radius 3 is 1.71 bits per heavy atom. The van der Waals surface area contributed by atoms with Gasteiger partial charge in [-0.05, 0) is 43.4 Å². The van der Waals surface area contributed by atoms with Crippen molar-refractivity contribution >= 4 is 63.7 Å². The van der Waals surface area contributed by atoms with E-state index in [1.165, 1.54) is 25.7 Å². The molecule has 0 saturated heterocycles.